The van der Waals surface area contributed by atoms with Crippen LogP contribution in [-0.2, 0) is 23.9 Å². The number of likely N-dealkylation sites (tertiary alicyclic amines) is 1. The minimum Gasteiger partial charge on any atom is -0.461 e. The molecule has 0 saturated carbocycles. The van der Waals surface area contributed by atoms with Gasteiger partial charge < -0.3 is 29.3 Å². The summed E-state index contributed by atoms with van der Waals surface area (Å²) in [6.07, 6.45) is 7.60. The lowest BCUT2D eigenvalue weighted by molar-refractivity contribution is -0.152. The van der Waals surface area contributed by atoms with Gasteiger partial charge in [-0.3, -0.25) is 14.4 Å². The predicted octanol–water partition coefficient (Wildman–Crippen LogP) is 1.90. The first-order valence-electron chi connectivity index (χ1n) is 13.2. The van der Waals surface area contributed by atoms with Gasteiger partial charge in [0.15, 0.2) is 0 Å². The van der Waals surface area contributed by atoms with E-state index >= 15 is 0 Å². The van der Waals surface area contributed by atoms with Crippen molar-refractivity contribution < 1.29 is 29.0 Å². The Morgan fingerprint density at radius 1 is 1.05 bits per heavy atom. The van der Waals surface area contributed by atoms with Crippen LogP contribution in [-0.4, -0.2) is 84.9 Å². The summed E-state index contributed by atoms with van der Waals surface area (Å²) in [6.45, 7) is 6.73. The molecule has 0 aromatic heterocycles. The average Bonchev–Trinajstić information content (AvgIpc) is 3.19. The fourth-order valence-corrected chi connectivity index (χ4v) is 6.27. The number of carbonyl (C=O) groups is 3. The predicted molar refractivity (Wildman–Crippen MR) is 138 cm³/mol. The normalized spacial score (nSPS) is 30.5. The summed E-state index contributed by atoms with van der Waals surface area (Å²) in [6, 6.07) is 6.96. The van der Waals surface area contributed by atoms with Crippen LogP contribution in [0.5, 0.6) is 0 Å². The third kappa shape index (κ3) is 4.14. The molecule has 0 bridgehead atoms. The number of rotatable bonds is 8. The van der Waals surface area contributed by atoms with E-state index in [2.05, 4.69) is 18.7 Å². The van der Waals surface area contributed by atoms with E-state index < -0.39 is 35.6 Å². The first-order valence-corrected chi connectivity index (χ1v) is 13.2. The van der Waals surface area contributed by atoms with Crippen LogP contribution in [0.1, 0.15) is 26.7 Å². The molecule has 5 rings (SSSR count). The quantitative estimate of drug-likeness (QED) is 0.325. The number of benzene rings is 1. The minimum atomic E-state index is -1.26. The van der Waals surface area contributed by atoms with E-state index in [-0.39, 0.29) is 25.0 Å². The zero-order chi connectivity index (χ0) is 26.2. The molecule has 4 aliphatic rings. The van der Waals surface area contributed by atoms with E-state index in [0.717, 1.165) is 24.5 Å². The summed E-state index contributed by atoms with van der Waals surface area (Å²) in [5.74, 6) is -2.66. The van der Waals surface area contributed by atoms with Gasteiger partial charge in [-0.15, -0.1) is 0 Å². The zero-order valence-electron chi connectivity index (χ0n) is 21.4. The van der Waals surface area contributed by atoms with Crippen LogP contribution >= 0.6 is 0 Å². The fourth-order valence-electron chi connectivity index (χ4n) is 6.27. The molecule has 5 atom stereocenters. The first-order chi connectivity index (χ1) is 18.0. The topological polar surface area (TPSA) is 99.6 Å². The van der Waals surface area contributed by atoms with Gasteiger partial charge in [-0.2, -0.15) is 0 Å². The van der Waals surface area contributed by atoms with Gasteiger partial charge in [0.05, 0.1) is 12.0 Å². The number of aliphatic hydroxyl groups excluding tert-OH is 1. The molecule has 0 radical (unpaired) electrons. The van der Waals surface area contributed by atoms with Crippen molar-refractivity contribution >= 4 is 29.2 Å². The second-order valence-electron chi connectivity index (χ2n) is 9.90. The van der Waals surface area contributed by atoms with E-state index in [9.17, 15) is 19.5 Å². The zero-order valence-corrected chi connectivity index (χ0v) is 21.4. The number of aliphatic hydroxyl groups is 1. The molecular weight excluding hydrogens is 474 g/mol. The molecule has 2 fully saturated rings. The smallest absolute Gasteiger partial charge is 0.313 e. The second-order valence-corrected chi connectivity index (χ2v) is 9.90. The van der Waals surface area contributed by atoms with Crippen molar-refractivity contribution in [2.45, 2.75) is 44.4 Å². The summed E-state index contributed by atoms with van der Waals surface area (Å²) in [5.41, 5.74) is 0.550. The van der Waals surface area contributed by atoms with Gasteiger partial charge in [0, 0.05) is 44.2 Å². The molecule has 1 aromatic rings. The highest BCUT2D eigenvalue weighted by Crippen LogP contribution is 2.53. The number of esters is 1. The Labute approximate surface area is 217 Å². The monoisotopic (exact) mass is 509 g/mol. The number of carbonyl (C=O) groups excluding carboxylic acids is 3. The van der Waals surface area contributed by atoms with Crippen molar-refractivity contribution in [2.75, 3.05) is 49.2 Å². The van der Waals surface area contributed by atoms with Gasteiger partial charge >= 0.3 is 5.97 Å². The lowest BCUT2D eigenvalue weighted by atomic mass is 9.78. The number of amides is 2. The number of hydrogen-bond acceptors (Lipinski definition) is 7. The molecule has 37 heavy (non-hydrogen) atoms. The van der Waals surface area contributed by atoms with Gasteiger partial charge in [-0.25, -0.2) is 0 Å². The van der Waals surface area contributed by atoms with Crippen molar-refractivity contribution in [1.82, 2.24) is 4.90 Å². The van der Waals surface area contributed by atoms with Crippen LogP contribution in [0.25, 0.3) is 0 Å². The highest BCUT2D eigenvalue weighted by molar-refractivity contribution is 6.05. The van der Waals surface area contributed by atoms with Crippen molar-refractivity contribution in [1.29, 1.82) is 0 Å². The van der Waals surface area contributed by atoms with Crippen molar-refractivity contribution in [3.8, 4) is 0 Å². The Morgan fingerprint density at radius 3 is 2.51 bits per heavy atom. The molecule has 1 unspecified atom stereocenters. The summed E-state index contributed by atoms with van der Waals surface area (Å²) >= 11 is 0. The Hall–Kier alpha value is -3.17. The van der Waals surface area contributed by atoms with E-state index in [1.165, 1.54) is 0 Å². The van der Waals surface area contributed by atoms with Crippen molar-refractivity contribution in [3.05, 3.63) is 48.6 Å². The number of nitrogens with zero attached hydrogens (tertiary/aromatic N) is 3. The standard InChI is InChI=1S/C28H35N3O6/c1-3-29(4-2)19-10-12-20(13-11-19)30-16-8-14-28-23(22-21(37-28)9-7-18-36-27(22)35)25(33)31(15-5-6-17-32)24(28)26(30)34/h7-14,21-24,32H,3-6,15-18H2,1-2H3/t21-,22+,23-,24?,28-/m0/s1. The van der Waals surface area contributed by atoms with Gasteiger partial charge in [-0.05, 0) is 57.0 Å². The van der Waals surface area contributed by atoms with E-state index in [1.54, 1.807) is 22.0 Å². The summed E-state index contributed by atoms with van der Waals surface area (Å²) in [7, 11) is 0. The number of anilines is 2. The van der Waals surface area contributed by atoms with Crippen LogP contribution in [0.15, 0.2) is 48.6 Å². The number of cyclic esters (lactones) is 1. The van der Waals surface area contributed by atoms with Crippen LogP contribution in [0, 0.1) is 11.8 Å². The molecule has 4 aliphatic heterocycles. The molecule has 9 nitrogen and oxygen atoms in total. The summed E-state index contributed by atoms with van der Waals surface area (Å²) in [4.78, 5) is 46.6. The molecule has 2 saturated heterocycles. The minimum absolute atomic E-state index is 0.00154. The molecule has 1 spiro atoms. The SMILES string of the molecule is CCN(CC)c1ccc(N2CC=C[C@]34O[C@H]5C=CCOC(=O)[C@H]5[C@H]3C(=O)N(CCCCO)C4C2=O)cc1. The highest BCUT2D eigenvalue weighted by atomic mass is 16.6. The Balaban J connectivity index is 1.53. The molecule has 0 aliphatic carbocycles. The maximum atomic E-state index is 14.3. The van der Waals surface area contributed by atoms with E-state index in [4.69, 9.17) is 9.47 Å². The van der Waals surface area contributed by atoms with Crippen LogP contribution in [0.3, 0.4) is 0 Å². The Kier molecular flexibility index (Phi) is 7.09. The largest absolute Gasteiger partial charge is 0.461 e. The van der Waals surface area contributed by atoms with Crippen molar-refractivity contribution in [3.63, 3.8) is 0 Å². The van der Waals surface area contributed by atoms with Gasteiger partial charge in [0.1, 0.15) is 24.2 Å². The number of hydrogen-bond donors (Lipinski definition) is 1. The molecule has 9 heteroatoms. The molecular formula is C28H35N3O6. The van der Waals surface area contributed by atoms with Gasteiger partial charge in [0.25, 0.3) is 5.91 Å². The lowest BCUT2D eigenvalue weighted by Crippen LogP contribution is -2.55. The van der Waals surface area contributed by atoms with Crippen LogP contribution < -0.4 is 9.80 Å². The van der Waals surface area contributed by atoms with Crippen LogP contribution in [0.2, 0.25) is 0 Å². The van der Waals surface area contributed by atoms with E-state index in [0.29, 0.717) is 25.9 Å². The maximum absolute atomic E-state index is 14.3. The molecule has 198 valence electrons. The number of unbranched alkanes of at least 4 members (excludes halogenated alkanes) is 1. The highest BCUT2D eigenvalue weighted by Gasteiger charge is 2.71. The van der Waals surface area contributed by atoms with Gasteiger partial charge in [-0.1, -0.05) is 18.2 Å². The van der Waals surface area contributed by atoms with Crippen molar-refractivity contribution in [2.24, 2.45) is 11.8 Å². The summed E-state index contributed by atoms with van der Waals surface area (Å²) < 4.78 is 11.9. The average molecular weight is 510 g/mol. The third-order valence-corrected chi connectivity index (χ3v) is 8.01. The third-order valence-electron chi connectivity index (χ3n) is 8.01. The lowest BCUT2D eigenvalue weighted by Gasteiger charge is -2.35. The number of fused-ring (bicyclic) bond motifs is 2. The molecule has 2 amide bonds. The maximum Gasteiger partial charge on any atom is 0.313 e. The Bertz CT molecular complexity index is 1100. The molecule has 1 aromatic carbocycles. The van der Waals surface area contributed by atoms with Gasteiger partial charge in [0.2, 0.25) is 5.91 Å². The second kappa shape index (κ2) is 10.3. The first kappa shape index (κ1) is 25.5. The fraction of sp³-hybridized carbons (Fsp3) is 0.536. The number of ether oxygens (including phenoxy) is 2. The Morgan fingerprint density at radius 2 is 1.81 bits per heavy atom. The molecule has 4 heterocycles. The van der Waals surface area contributed by atoms with Crippen LogP contribution in [0.4, 0.5) is 11.4 Å². The van der Waals surface area contributed by atoms with E-state index in [1.807, 2.05) is 36.4 Å². The molecule has 1 N–H and O–H groups in total. The summed E-state index contributed by atoms with van der Waals surface area (Å²) in [5, 5.41) is 9.32.